The Morgan fingerprint density at radius 2 is 1.96 bits per heavy atom. The van der Waals surface area contributed by atoms with Gasteiger partial charge < -0.3 is 4.74 Å². The third kappa shape index (κ3) is 3.68. The van der Waals surface area contributed by atoms with E-state index >= 15 is 0 Å². The fourth-order valence-electron chi connectivity index (χ4n) is 2.29. The molecule has 0 fully saturated rings. The number of halogens is 1. The van der Waals surface area contributed by atoms with Crippen LogP contribution in [0.1, 0.15) is 11.1 Å². The van der Waals surface area contributed by atoms with Gasteiger partial charge in [0, 0.05) is 5.38 Å². The van der Waals surface area contributed by atoms with Crippen molar-refractivity contribution < 1.29 is 17.5 Å². The lowest BCUT2D eigenvalue weighted by atomic mass is 10.2. The van der Waals surface area contributed by atoms with Gasteiger partial charge >= 0.3 is 0 Å². The summed E-state index contributed by atoms with van der Waals surface area (Å²) in [4.78, 5) is 3.76. The molecule has 2 heterocycles. The number of anilines is 1. The molecular formula is C17H16FN3O3S2. The highest BCUT2D eigenvalue weighted by Gasteiger charge is 2.28. The van der Waals surface area contributed by atoms with Gasteiger partial charge in [-0.25, -0.2) is 13.7 Å². The lowest BCUT2D eigenvalue weighted by Gasteiger charge is -2.22. The van der Waals surface area contributed by atoms with Crippen LogP contribution < -0.4 is 9.04 Å². The first-order chi connectivity index (χ1) is 12.4. The lowest BCUT2D eigenvalue weighted by molar-refractivity contribution is 0.414. The van der Waals surface area contributed by atoms with Crippen molar-refractivity contribution in [2.24, 2.45) is 0 Å². The van der Waals surface area contributed by atoms with Crippen LogP contribution in [0.2, 0.25) is 0 Å². The van der Waals surface area contributed by atoms with Crippen molar-refractivity contribution in [1.82, 2.24) is 9.36 Å². The number of methoxy groups -OCH3 is 1. The Morgan fingerprint density at radius 3 is 2.54 bits per heavy atom. The first-order valence-corrected chi connectivity index (χ1v) is 9.87. The minimum Gasteiger partial charge on any atom is -0.497 e. The van der Waals surface area contributed by atoms with E-state index in [1.807, 2.05) is 0 Å². The molecule has 9 heteroatoms. The standard InChI is InChI=1S/C17H16FN3O3S2/c1-12-9-17(19-10-15(12)18)26(22,23)21(16-7-8-25-20-16)11-13-3-5-14(24-2)6-4-13/h3-10H,11H2,1-2H3. The smallest absolute Gasteiger partial charge is 0.283 e. The first kappa shape index (κ1) is 18.3. The molecule has 3 aromatic rings. The normalized spacial score (nSPS) is 11.3. The fourth-order valence-corrected chi connectivity index (χ4v) is 4.26. The monoisotopic (exact) mass is 393 g/mol. The number of aryl methyl sites for hydroxylation is 1. The van der Waals surface area contributed by atoms with E-state index in [0.29, 0.717) is 5.75 Å². The van der Waals surface area contributed by atoms with Crippen LogP contribution in [-0.2, 0) is 16.6 Å². The third-order valence-corrected chi connectivity index (χ3v) is 5.94. The predicted molar refractivity (Wildman–Crippen MR) is 97.4 cm³/mol. The van der Waals surface area contributed by atoms with E-state index in [4.69, 9.17) is 4.74 Å². The zero-order chi connectivity index (χ0) is 18.7. The first-order valence-electron chi connectivity index (χ1n) is 7.60. The zero-order valence-corrected chi connectivity index (χ0v) is 15.7. The van der Waals surface area contributed by atoms with Gasteiger partial charge in [-0.3, -0.25) is 0 Å². The number of aromatic nitrogens is 2. The summed E-state index contributed by atoms with van der Waals surface area (Å²) in [6.45, 7) is 1.56. The Hall–Kier alpha value is -2.52. The highest BCUT2D eigenvalue weighted by Crippen LogP contribution is 2.26. The second-order valence-corrected chi connectivity index (χ2v) is 7.96. The van der Waals surface area contributed by atoms with Gasteiger partial charge in [0.05, 0.1) is 19.9 Å². The molecule has 0 bridgehead atoms. The maximum absolute atomic E-state index is 13.5. The molecule has 0 spiro atoms. The second kappa shape index (κ2) is 7.38. The molecule has 0 radical (unpaired) electrons. The van der Waals surface area contributed by atoms with Crippen molar-refractivity contribution in [2.45, 2.75) is 18.5 Å². The van der Waals surface area contributed by atoms with Crippen molar-refractivity contribution in [3.8, 4) is 5.75 Å². The summed E-state index contributed by atoms with van der Waals surface area (Å²) < 4.78 is 50.1. The van der Waals surface area contributed by atoms with E-state index in [9.17, 15) is 12.8 Å². The summed E-state index contributed by atoms with van der Waals surface area (Å²) in [6, 6.07) is 9.89. The summed E-state index contributed by atoms with van der Waals surface area (Å²) in [5.74, 6) is 0.404. The number of benzene rings is 1. The van der Waals surface area contributed by atoms with Crippen LogP contribution in [0.25, 0.3) is 0 Å². The van der Waals surface area contributed by atoms with Gasteiger partial charge in [-0.1, -0.05) is 12.1 Å². The van der Waals surface area contributed by atoms with Gasteiger partial charge in [0.2, 0.25) is 0 Å². The predicted octanol–water partition coefficient (Wildman–Crippen LogP) is 3.39. The van der Waals surface area contributed by atoms with E-state index in [1.165, 1.54) is 13.0 Å². The molecule has 0 saturated carbocycles. The molecule has 0 saturated heterocycles. The Balaban J connectivity index is 2.01. The number of sulfonamides is 1. The van der Waals surface area contributed by atoms with Crippen LogP contribution in [0.15, 0.2) is 53.0 Å². The van der Waals surface area contributed by atoms with Gasteiger partial charge in [0.1, 0.15) is 11.6 Å². The Morgan fingerprint density at radius 1 is 1.23 bits per heavy atom. The van der Waals surface area contributed by atoms with Crippen molar-refractivity contribution >= 4 is 27.4 Å². The molecule has 2 aromatic heterocycles. The minimum atomic E-state index is -4.01. The maximum atomic E-state index is 13.5. The molecule has 0 aliphatic heterocycles. The maximum Gasteiger partial charge on any atom is 0.283 e. The van der Waals surface area contributed by atoms with E-state index in [-0.39, 0.29) is 23.0 Å². The van der Waals surface area contributed by atoms with Gasteiger partial charge in [0.15, 0.2) is 10.8 Å². The largest absolute Gasteiger partial charge is 0.497 e. The van der Waals surface area contributed by atoms with Crippen LogP contribution in [0.4, 0.5) is 10.2 Å². The van der Waals surface area contributed by atoms with Crippen LogP contribution in [-0.4, -0.2) is 24.9 Å². The Labute approximate surface area is 155 Å². The van der Waals surface area contributed by atoms with E-state index in [1.54, 1.807) is 42.8 Å². The van der Waals surface area contributed by atoms with E-state index in [0.717, 1.165) is 27.6 Å². The molecular weight excluding hydrogens is 377 g/mol. The minimum absolute atomic E-state index is 0.0637. The molecule has 0 unspecified atom stereocenters. The molecule has 0 atom stereocenters. The van der Waals surface area contributed by atoms with Gasteiger partial charge in [-0.2, -0.15) is 12.8 Å². The molecule has 136 valence electrons. The number of ether oxygens (including phenoxy) is 1. The highest BCUT2D eigenvalue weighted by atomic mass is 32.2. The van der Waals surface area contributed by atoms with Crippen LogP contribution in [0.5, 0.6) is 5.75 Å². The van der Waals surface area contributed by atoms with Crippen molar-refractivity contribution in [3.63, 3.8) is 0 Å². The fraction of sp³-hybridized carbons (Fsp3) is 0.176. The molecule has 0 aliphatic carbocycles. The molecule has 6 nitrogen and oxygen atoms in total. The summed E-state index contributed by atoms with van der Waals surface area (Å²) in [7, 11) is -2.45. The van der Waals surface area contributed by atoms with Crippen molar-refractivity contribution in [3.05, 3.63) is 64.9 Å². The Bertz CT molecular complexity index is 991. The number of pyridine rings is 1. The van der Waals surface area contributed by atoms with Crippen LogP contribution in [0, 0.1) is 12.7 Å². The number of hydrogen-bond donors (Lipinski definition) is 0. The number of nitrogens with zero attached hydrogens (tertiary/aromatic N) is 3. The third-order valence-electron chi connectivity index (χ3n) is 3.74. The average molecular weight is 393 g/mol. The second-order valence-electron chi connectivity index (χ2n) is 5.49. The number of rotatable bonds is 6. The quantitative estimate of drug-likeness (QED) is 0.642. The molecule has 0 amide bonds. The van der Waals surface area contributed by atoms with Gasteiger partial charge in [-0.05, 0) is 53.8 Å². The SMILES string of the molecule is COc1ccc(CN(c2ccsn2)S(=O)(=O)c2cc(C)c(F)cn2)cc1. The van der Waals surface area contributed by atoms with E-state index in [2.05, 4.69) is 9.36 Å². The van der Waals surface area contributed by atoms with Gasteiger partial charge in [0.25, 0.3) is 10.0 Å². The van der Waals surface area contributed by atoms with Crippen LogP contribution in [0.3, 0.4) is 0 Å². The molecule has 0 aliphatic rings. The topological polar surface area (TPSA) is 72.4 Å². The lowest BCUT2D eigenvalue weighted by Crippen LogP contribution is -2.31. The molecule has 3 rings (SSSR count). The van der Waals surface area contributed by atoms with Crippen molar-refractivity contribution in [2.75, 3.05) is 11.4 Å². The van der Waals surface area contributed by atoms with Gasteiger partial charge in [-0.15, -0.1) is 0 Å². The highest BCUT2D eigenvalue weighted by molar-refractivity contribution is 7.92. The summed E-state index contributed by atoms with van der Waals surface area (Å²) >= 11 is 1.14. The zero-order valence-electron chi connectivity index (χ0n) is 14.1. The van der Waals surface area contributed by atoms with Crippen molar-refractivity contribution in [1.29, 1.82) is 0 Å². The van der Waals surface area contributed by atoms with Crippen LogP contribution >= 0.6 is 11.5 Å². The van der Waals surface area contributed by atoms with E-state index < -0.39 is 15.8 Å². The Kier molecular flexibility index (Phi) is 5.19. The summed E-state index contributed by atoms with van der Waals surface area (Å²) in [5.41, 5.74) is 0.961. The molecule has 26 heavy (non-hydrogen) atoms. The molecule has 1 aromatic carbocycles. The average Bonchev–Trinajstić information content (AvgIpc) is 3.16. The number of hydrogen-bond acceptors (Lipinski definition) is 6. The molecule has 0 N–H and O–H groups in total. The summed E-state index contributed by atoms with van der Waals surface area (Å²) in [5, 5.41) is 1.47. The summed E-state index contributed by atoms with van der Waals surface area (Å²) in [6.07, 6.45) is 0.912.